The third-order valence-electron chi connectivity index (χ3n) is 2.67. The minimum atomic E-state index is -0.568. The van der Waals surface area contributed by atoms with Crippen molar-refractivity contribution in [2.24, 2.45) is 0 Å². The summed E-state index contributed by atoms with van der Waals surface area (Å²) in [6.45, 7) is 5.62. The third kappa shape index (κ3) is 2.12. The second kappa shape index (κ2) is 4.58. The zero-order valence-electron chi connectivity index (χ0n) is 9.98. The molecule has 17 heavy (non-hydrogen) atoms. The minimum absolute atomic E-state index is 0.568. The van der Waals surface area contributed by atoms with Gasteiger partial charge in [-0.25, -0.2) is 9.67 Å². The fraction of sp³-hybridized carbons (Fsp3) is 0.333. The summed E-state index contributed by atoms with van der Waals surface area (Å²) in [4.78, 5) is 4.31. The quantitative estimate of drug-likeness (QED) is 0.927. The maximum Gasteiger partial charge on any atom is 0.159 e. The number of pyridine rings is 1. The number of aromatic nitrogens is 3. The summed E-state index contributed by atoms with van der Waals surface area (Å²) >= 11 is 3.49. The van der Waals surface area contributed by atoms with E-state index in [1.165, 1.54) is 0 Å². The molecule has 2 rings (SSSR count). The lowest BCUT2D eigenvalue weighted by atomic mass is 10.1. The molecule has 0 amide bonds. The second-order valence-corrected chi connectivity index (χ2v) is 4.78. The van der Waals surface area contributed by atoms with Crippen LogP contribution in [0.15, 0.2) is 22.8 Å². The maximum absolute atomic E-state index is 9.74. The van der Waals surface area contributed by atoms with Crippen molar-refractivity contribution in [3.05, 3.63) is 39.8 Å². The van der Waals surface area contributed by atoms with Crippen LogP contribution in [-0.2, 0) is 0 Å². The Morgan fingerprint density at radius 2 is 2.12 bits per heavy atom. The van der Waals surface area contributed by atoms with Crippen LogP contribution in [0.1, 0.15) is 30.0 Å². The number of nitrogens with zero attached hydrogens (tertiary/aromatic N) is 3. The number of rotatable bonds is 2. The summed E-state index contributed by atoms with van der Waals surface area (Å²) in [5, 5.41) is 14.2. The van der Waals surface area contributed by atoms with E-state index in [4.69, 9.17) is 0 Å². The molecule has 2 aromatic heterocycles. The van der Waals surface area contributed by atoms with Crippen LogP contribution in [0, 0.1) is 13.8 Å². The van der Waals surface area contributed by atoms with Gasteiger partial charge in [0.05, 0.1) is 22.0 Å². The van der Waals surface area contributed by atoms with Gasteiger partial charge in [-0.2, -0.15) is 5.10 Å². The molecule has 0 saturated carbocycles. The predicted molar refractivity (Wildman–Crippen MR) is 69.2 cm³/mol. The smallest absolute Gasteiger partial charge is 0.159 e. The van der Waals surface area contributed by atoms with E-state index in [0.717, 1.165) is 21.4 Å². The molecule has 0 fully saturated rings. The van der Waals surface area contributed by atoms with Gasteiger partial charge in [-0.1, -0.05) is 6.07 Å². The Bertz CT molecular complexity index is 549. The number of hydrogen-bond acceptors (Lipinski definition) is 3. The Labute approximate surface area is 108 Å². The van der Waals surface area contributed by atoms with Gasteiger partial charge in [-0.3, -0.25) is 0 Å². The van der Waals surface area contributed by atoms with Gasteiger partial charge in [0, 0.05) is 11.8 Å². The predicted octanol–water partition coefficient (Wildman–Crippen LogP) is 2.70. The molecule has 0 radical (unpaired) electrons. The molecule has 90 valence electrons. The van der Waals surface area contributed by atoms with E-state index in [0.29, 0.717) is 5.82 Å². The van der Waals surface area contributed by atoms with Crippen molar-refractivity contribution in [1.82, 2.24) is 14.8 Å². The number of aryl methyl sites for hydroxylation is 1. The van der Waals surface area contributed by atoms with Crippen molar-refractivity contribution in [1.29, 1.82) is 0 Å². The molecule has 0 spiro atoms. The summed E-state index contributed by atoms with van der Waals surface area (Å²) in [7, 11) is 0. The molecular weight excluding hydrogens is 282 g/mol. The first kappa shape index (κ1) is 12.3. The first-order valence-corrected chi connectivity index (χ1v) is 6.16. The van der Waals surface area contributed by atoms with Gasteiger partial charge < -0.3 is 5.11 Å². The number of aliphatic hydroxyl groups is 1. The fourth-order valence-corrected chi connectivity index (χ4v) is 1.99. The summed E-state index contributed by atoms with van der Waals surface area (Å²) < 4.78 is 2.72. The van der Waals surface area contributed by atoms with Crippen molar-refractivity contribution >= 4 is 15.9 Å². The summed E-state index contributed by atoms with van der Waals surface area (Å²) in [6, 6.07) is 3.67. The Morgan fingerprint density at radius 3 is 2.65 bits per heavy atom. The third-order valence-corrected chi connectivity index (χ3v) is 3.82. The van der Waals surface area contributed by atoms with Crippen LogP contribution in [0.5, 0.6) is 0 Å². The molecule has 2 aromatic rings. The largest absolute Gasteiger partial charge is 0.389 e. The molecule has 4 nitrogen and oxygen atoms in total. The van der Waals surface area contributed by atoms with E-state index in [9.17, 15) is 5.11 Å². The van der Waals surface area contributed by atoms with Crippen LogP contribution in [0.4, 0.5) is 0 Å². The summed E-state index contributed by atoms with van der Waals surface area (Å²) in [5.74, 6) is 0.675. The topological polar surface area (TPSA) is 50.9 Å². The van der Waals surface area contributed by atoms with Crippen molar-refractivity contribution in [3.63, 3.8) is 0 Å². The molecule has 0 aliphatic carbocycles. The monoisotopic (exact) mass is 295 g/mol. The van der Waals surface area contributed by atoms with Gasteiger partial charge in [0.15, 0.2) is 5.82 Å². The molecule has 0 aliphatic rings. The normalized spacial score (nSPS) is 12.8. The zero-order chi connectivity index (χ0) is 12.6. The van der Waals surface area contributed by atoms with E-state index in [-0.39, 0.29) is 0 Å². The van der Waals surface area contributed by atoms with Crippen LogP contribution < -0.4 is 0 Å². The minimum Gasteiger partial charge on any atom is -0.389 e. The van der Waals surface area contributed by atoms with E-state index >= 15 is 0 Å². The van der Waals surface area contributed by atoms with Crippen molar-refractivity contribution < 1.29 is 5.11 Å². The highest BCUT2D eigenvalue weighted by Crippen LogP contribution is 2.25. The van der Waals surface area contributed by atoms with Gasteiger partial charge in [-0.05, 0) is 42.8 Å². The highest BCUT2D eigenvalue weighted by Gasteiger charge is 2.16. The van der Waals surface area contributed by atoms with Crippen molar-refractivity contribution in [2.45, 2.75) is 26.9 Å². The zero-order valence-corrected chi connectivity index (χ0v) is 11.6. The lowest BCUT2D eigenvalue weighted by Gasteiger charge is -2.11. The van der Waals surface area contributed by atoms with Gasteiger partial charge in [0.1, 0.15) is 0 Å². The van der Waals surface area contributed by atoms with Crippen molar-refractivity contribution in [3.8, 4) is 5.82 Å². The molecule has 0 saturated heterocycles. The molecule has 0 bridgehead atoms. The van der Waals surface area contributed by atoms with E-state index in [1.54, 1.807) is 17.8 Å². The SMILES string of the molecule is Cc1nn(-c2ncccc2[C@H](C)O)c(C)c1Br. The van der Waals surface area contributed by atoms with Crippen LogP contribution >= 0.6 is 15.9 Å². The van der Waals surface area contributed by atoms with E-state index in [1.807, 2.05) is 26.0 Å². The average Bonchev–Trinajstić information content (AvgIpc) is 2.57. The highest BCUT2D eigenvalue weighted by molar-refractivity contribution is 9.10. The van der Waals surface area contributed by atoms with Gasteiger partial charge in [0.2, 0.25) is 0 Å². The Kier molecular flexibility index (Phi) is 3.31. The van der Waals surface area contributed by atoms with Crippen LogP contribution in [-0.4, -0.2) is 19.9 Å². The lowest BCUT2D eigenvalue weighted by Crippen LogP contribution is -2.07. The summed E-state index contributed by atoms with van der Waals surface area (Å²) in [5.41, 5.74) is 2.65. The Morgan fingerprint density at radius 1 is 1.41 bits per heavy atom. The first-order chi connectivity index (χ1) is 8.02. The molecule has 5 heteroatoms. The maximum atomic E-state index is 9.74. The average molecular weight is 296 g/mol. The number of hydrogen-bond donors (Lipinski definition) is 1. The molecule has 0 unspecified atom stereocenters. The molecular formula is C12H14BrN3O. The molecule has 1 atom stereocenters. The fourth-order valence-electron chi connectivity index (χ4n) is 1.74. The molecule has 2 heterocycles. The summed E-state index contributed by atoms with van der Waals surface area (Å²) in [6.07, 6.45) is 1.13. The number of aliphatic hydroxyl groups excluding tert-OH is 1. The van der Waals surface area contributed by atoms with Gasteiger partial charge in [0.25, 0.3) is 0 Å². The molecule has 0 aromatic carbocycles. The number of halogens is 1. The van der Waals surface area contributed by atoms with Gasteiger partial charge in [-0.15, -0.1) is 0 Å². The molecule has 0 aliphatic heterocycles. The lowest BCUT2D eigenvalue weighted by molar-refractivity contribution is 0.198. The Balaban J connectivity index is 2.64. The van der Waals surface area contributed by atoms with E-state index in [2.05, 4.69) is 26.0 Å². The standard InChI is InChI=1S/C12H14BrN3O/c1-7-11(13)8(2)16(15-7)12-10(9(3)17)5-4-6-14-12/h4-6,9,17H,1-3H3/t9-/m0/s1. The van der Waals surface area contributed by atoms with Crippen LogP contribution in [0.25, 0.3) is 5.82 Å². The second-order valence-electron chi connectivity index (χ2n) is 3.99. The van der Waals surface area contributed by atoms with Crippen molar-refractivity contribution in [2.75, 3.05) is 0 Å². The van der Waals surface area contributed by atoms with E-state index < -0.39 is 6.10 Å². The Hall–Kier alpha value is -1.20. The highest BCUT2D eigenvalue weighted by atomic mass is 79.9. The first-order valence-electron chi connectivity index (χ1n) is 5.37. The van der Waals surface area contributed by atoms with Crippen LogP contribution in [0.3, 0.4) is 0 Å². The molecule has 1 N–H and O–H groups in total. The van der Waals surface area contributed by atoms with Gasteiger partial charge >= 0.3 is 0 Å². The van der Waals surface area contributed by atoms with Crippen LogP contribution in [0.2, 0.25) is 0 Å².